The highest BCUT2D eigenvalue weighted by atomic mass is 16.5. The highest BCUT2D eigenvalue weighted by Crippen LogP contribution is 2.10. The quantitative estimate of drug-likeness (QED) is 0.719. The minimum atomic E-state index is 0.484. The van der Waals surface area contributed by atoms with Crippen LogP contribution in [0.3, 0.4) is 0 Å². The predicted molar refractivity (Wildman–Crippen MR) is 59.6 cm³/mol. The molecule has 1 atom stereocenters. The van der Waals surface area contributed by atoms with E-state index in [0.717, 1.165) is 6.61 Å². The van der Waals surface area contributed by atoms with Crippen molar-refractivity contribution in [3.8, 4) is 0 Å². The van der Waals surface area contributed by atoms with E-state index in [1.807, 2.05) is 0 Å². The lowest BCUT2D eigenvalue weighted by Crippen LogP contribution is -2.46. The van der Waals surface area contributed by atoms with Crippen molar-refractivity contribution in [2.24, 2.45) is 0 Å². The molecule has 14 heavy (non-hydrogen) atoms. The summed E-state index contributed by atoms with van der Waals surface area (Å²) in [7, 11) is 1.76. The van der Waals surface area contributed by atoms with Crippen molar-refractivity contribution in [3.05, 3.63) is 0 Å². The fraction of sp³-hybridized carbons (Fsp3) is 1.00. The van der Waals surface area contributed by atoms with Gasteiger partial charge >= 0.3 is 0 Å². The number of nitrogens with zero attached hydrogens (tertiary/aromatic N) is 1. The van der Waals surface area contributed by atoms with Gasteiger partial charge in [0.15, 0.2) is 0 Å². The Kier molecular flexibility index (Phi) is 5.45. The van der Waals surface area contributed by atoms with Crippen molar-refractivity contribution in [2.75, 3.05) is 33.4 Å². The number of rotatable bonds is 5. The summed E-state index contributed by atoms with van der Waals surface area (Å²) >= 11 is 0. The minimum absolute atomic E-state index is 0.484. The SMILES string of the molecule is CCN1CCC(N[C@H](C)COC)CC1. The molecule has 0 aromatic carbocycles. The summed E-state index contributed by atoms with van der Waals surface area (Å²) < 4.78 is 5.11. The maximum atomic E-state index is 5.11. The molecule has 0 spiro atoms. The molecule has 84 valence electrons. The standard InChI is InChI=1S/C11H24N2O/c1-4-13-7-5-11(6-8-13)12-10(2)9-14-3/h10-12H,4-9H2,1-3H3/t10-/m1/s1. The van der Waals surface area contributed by atoms with Crippen molar-refractivity contribution in [3.63, 3.8) is 0 Å². The van der Waals surface area contributed by atoms with Crippen LogP contribution in [0.25, 0.3) is 0 Å². The number of nitrogens with one attached hydrogen (secondary N) is 1. The van der Waals surface area contributed by atoms with Crippen LogP contribution in [0.5, 0.6) is 0 Å². The van der Waals surface area contributed by atoms with Crippen molar-refractivity contribution >= 4 is 0 Å². The van der Waals surface area contributed by atoms with E-state index in [1.54, 1.807) is 7.11 Å². The molecule has 0 amide bonds. The van der Waals surface area contributed by atoms with E-state index in [9.17, 15) is 0 Å². The average Bonchev–Trinajstić information content (AvgIpc) is 2.19. The van der Waals surface area contributed by atoms with Crippen molar-refractivity contribution < 1.29 is 4.74 Å². The van der Waals surface area contributed by atoms with Gasteiger partial charge in [-0.3, -0.25) is 0 Å². The van der Waals surface area contributed by atoms with E-state index in [4.69, 9.17) is 4.74 Å². The number of likely N-dealkylation sites (tertiary alicyclic amines) is 1. The summed E-state index contributed by atoms with van der Waals surface area (Å²) in [6.45, 7) is 8.92. The molecule has 0 aliphatic carbocycles. The third-order valence-electron chi connectivity index (χ3n) is 2.97. The van der Waals surface area contributed by atoms with Gasteiger partial charge in [0.2, 0.25) is 0 Å². The van der Waals surface area contributed by atoms with Crippen LogP contribution in [-0.4, -0.2) is 50.3 Å². The zero-order valence-electron chi connectivity index (χ0n) is 9.75. The van der Waals surface area contributed by atoms with E-state index in [1.165, 1.54) is 32.5 Å². The van der Waals surface area contributed by atoms with Gasteiger partial charge in [0.05, 0.1) is 6.61 Å². The molecule has 1 N–H and O–H groups in total. The van der Waals surface area contributed by atoms with Gasteiger partial charge in [-0.15, -0.1) is 0 Å². The van der Waals surface area contributed by atoms with Gasteiger partial charge in [-0.2, -0.15) is 0 Å². The molecule has 1 aliphatic heterocycles. The van der Waals surface area contributed by atoms with Gasteiger partial charge < -0.3 is 15.0 Å². The van der Waals surface area contributed by atoms with E-state index in [0.29, 0.717) is 12.1 Å². The number of hydrogen-bond donors (Lipinski definition) is 1. The molecule has 0 bridgehead atoms. The first-order valence-corrected chi connectivity index (χ1v) is 5.73. The van der Waals surface area contributed by atoms with Crippen LogP contribution in [0.1, 0.15) is 26.7 Å². The molecule has 0 radical (unpaired) electrons. The fourth-order valence-electron chi connectivity index (χ4n) is 2.12. The summed E-state index contributed by atoms with van der Waals surface area (Å²) in [5.74, 6) is 0. The number of ether oxygens (including phenoxy) is 1. The van der Waals surface area contributed by atoms with Crippen LogP contribution >= 0.6 is 0 Å². The average molecular weight is 200 g/mol. The fourth-order valence-corrected chi connectivity index (χ4v) is 2.12. The normalized spacial score (nSPS) is 22.5. The maximum absolute atomic E-state index is 5.11. The third kappa shape index (κ3) is 3.95. The Bertz CT molecular complexity index is 144. The first-order valence-electron chi connectivity index (χ1n) is 5.73. The summed E-state index contributed by atoms with van der Waals surface area (Å²) in [5, 5.41) is 3.61. The molecule has 1 saturated heterocycles. The molecule has 0 aromatic heterocycles. The number of hydrogen-bond acceptors (Lipinski definition) is 3. The number of methoxy groups -OCH3 is 1. The Morgan fingerprint density at radius 3 is 2.57 bits per heavy atom. The van der Waals surface area contributed by atoms with Gasteiger partial charge in [0.1, 0.15) is 0 Å². The van der Waals surface area contributed by atoms with Crippen LogP contribution < -0.4 is 5.32 Å². The topological polar surface area (TPSA) is 24.5 Å². The Balaban J connectivity index is 2.15. The second kappa shape index (κ2) is 6.38. The molecular weight excluding hydrogens is 176 g/mol. The molecular formula is C11H24N2O. The van der Waals surface area contributed by atoms with E-state index >= 15 is 0 Å². The van der Waals surface area contributed by atoms with Gasteiger partial charge in [-0.1, -0.05) is 6.92 Å². The summed E-state index contributed by atoms with van der Waals surface area (Å²) in [4.78, 5) is 2.51. The highest BCUT2D eigenvalue weighted by molar-refractivity contribution is 4.78. The molecule has 3 nitrogen and oxygen atoms in total. The maximum Gasteiger partial charge on any atom is 0.0613 e. The molecule has 0 saturated carbocycles. The van der Waals surface area contributed by atoms with Crippen LogP contribution in [0.4, 0.5) is 0 Å². The summed E-state index contributed by atoms with van der Waals surface area (Å²) in [6, 6.07) is 1.18. The predicted octanol–water partition coefficient (Wildman–Crippen LogP) is 1.10. The Hall–Kier alpha value is -0.120. The zero-order chi connectivity index (χ0) is 10.4. The lowest BCUT2D eigenvalue weighted by Gasteiger charge is -2.33. The molecule has 1 fully saturated rings. The second-order valence-corrected chi connectivity index (χ2v) is 4.23. The Morgan fingerprint density at radius 2 is 2.07 bits per heavy atom. The van der Waals surface area contributed by atoms with Gasteiger partial charge in [-0.05, 0) is 39.4 Å². The largest absolute Gasteiger partial charge is 0.383 e. The highest BCUT2D eigenvalue weighted by Gasteiger charge is 2.18. The van der Waals surface area contributed by atoms with Crippen LogP contribution in [0, 0.1) is 0 Å². The van der Waals surface area contributed by atoms with E-state index in [2.05, 4.69) is 24.1 Å². The molecule has 1 rings (SSSR count). The van der Waals surface area contributed by atoms with Crippen LogP contribution in [0.15, 0.2) is 0 Å². The second-order valence-electron chi connectivity index (χ2n) is 4.23. The van der Waals surface area contributed by atoms with Crippen LogP contribution in [-0.2, 0) is 4.74 Å². The van der Waals surface area contributed by atoms with Crippen LogP contribution in [0.2, 0.25) is 0 Å². The van der Waals surface area contributed by atoms with Crippen molar-refractivity contribution in [2.45, 2.75) is 38.8 Å². The van der Waals surface area contributed by atoms with E-state index < -0.39 is 0 Å². The van der Waals surface area contributed by atoms with Gasteiger partial charge in [0.25, 0.3) is 0 Å². The molecule has 0 unspecified atom stereocenters. The number of piperidine rings is 1. The zero-order valence-corrected chi connectivity index (χ0v) is 9.75. The molecule has 1 heterocycles. The molecule has 3 heteroatoms. The smallest absolute Gasteiger partial charge is 0.0613 e. The van der Waals surface area contributed by atoms with Crippen molar-refractivity contribution in [1.29, 1.82) is 0 Å². The van der Waals surface area contributed by atoms with Crippen molar-refractivity contribution in [1.82, 2.24) is 10.2 Å². The minimum Gasteiger partial charge on any atom is -0.383 e. The summed E-state index contributed by atoms with van der Waals surface area (Å²) in [6.07, 6.45) is 2.56. The first-order chi connectivity index (χ1) is 6.76. The third-order valence-corrected chi connectivity index (χ3v) is 2.97. The molecule has 1 aliphatic rings. The monoisotopic (exact) mass is 200 g/mol. The molecule has 0 aromatic rings. The Labute approximate surface area is 87.8 Å². The van der Waals surface area contributed by atoms with Gasteiger partial charge in [0, 0.05) is 19.2 Å². The lowest BCUT2D eigenvalue weighted by molar-refractivity contribution is 0.149. The Morgan fingerprint density at radius 1 is 1.43 bits per heavy atom. The first kappa shape index (κ1) is 12.0. The van der Waals surface area contributed by atoms with Gasteiger partial charge in [-0.25, -0.2) is 0 Å². The summed E-state index contributed by atoms with van der Waals surface area (Å²) in [5.41, 5.74) is 0. The van der Waals surface area contributed by atoms with E-state index in [-0.39, 0.29) is 0 Å². The lowest BCUT2D eigenvalue weighted by atomic mass is 10.0.